The zero-order valence-corrected chi connectivity index (χ0v) is 16.3. The largest absolute Gasteiger partial charge is 0.493 e. The molecule has 8 nitrogen and oxygen atoms in total. The van der Waals surface area contributed by atoms with Crippen LogP contribution in [0.5, 0.6) is 17.2 Å². The summed E-state index contributed by atoms with van der Waals surface area (Å²) in [5.74, 6) is -2.00. The van der Waals surface area contributed by atoms with Crippen molar-refractivity contribution in [1.82, 2.24) is 0 Å². The van der Waals surface area contributed by atoms with E-state index in [1.165, 1.54) is 52.5 Å². The highest BCUT2D eigenvalue weighted by molar-refractivity contribution is 6.00. The van der Waals surface area contributed by atoms with E-state index in [0.29, 0.717) is 5.75 Å². The number of amides is 1. The molecule has 0 aliphatic rings. The lowest BCUT2D eigenvalue weighted by Gasteiger charge is -2.13. The molecule has 0 saturated heterocycles. The van der Waals surface area contributed by atoms with E-state index in [1.807, 2.05) is 0 Å². The van der Waals surface area contributed by atoms with Crippen LogP contribution in [0.2, 0.25) is 0 Å². The number of nitrogens with one attached hydrogen (secondary N) is 1. The average Bonchev–Trinajstić information content (AvgIpc) is 2.70. The monoisotopic (exact) mass is 405 g/mol. The summed E-state index contributed by atoms with van der Waals surface area (Å²) in [6.45, 7) is 0.603. The van der Waals surface area contributed by atoms with Crippen molar-refractivity contribution >= 4 is 23.3 Å². The summed E-state index contributed by atoms with van der Waals surface area (Å²) in [5, 5.41) is 2.40. The second-order valence-corrected chi connectivity index (χ2v) is 5.79. The Morgan fingerprint density at radius 3 is 2.07 bits per heavy atom. The van der Waals surface area contributed by atoms with Gasteiger partial charge in [-0.1, -0.05) is 0 Å². The molecular weight excluding hydrogens is 385 g/mol. The number of esters is 1. The maximum atomic E-state index is 14.1. The zero-order chi connectivity index (χ0) is 21.6. The highest BCUT2D eigenvalue weighted by atomic mass is 19.1. The molecule has 1 amide bonds. The van der Waals surface area contributed by atoms with Crippen molar-refractivity contribution in [2.45, 2.75) is 6.92 Å². The molecule has 0 aliphatic heterocycles. The van der Waals surface area contributed by atoms with Crippen LogP contribution in [-0.4, -0.2) is 45.6 Å². The van der Waals surface area contributed by atoms with Gasteiger partial charge >= 0.3 is 5.97 Å². The second-order valence-electron chi connectivity index (χ2n) is 5.79. The van der Waals surface area contributed by atoms with Crippen molar-refractivity contribution in [1.29, 1.82) is 0 Å². The highest BCUT2D eigenvalue weighted by Gasteiger charge is 2.20. The Morgan fingerprint density at radius 2 is 1.59 bits per heavy atom. The van der Waals surface area contributed by atoms with Crippen LogP contribution in [-0.2, 0) is 9.53 Å². The van der Waals surface area contributed by atoms with Crippen molar-refractivity contribution in [3.63, 3.8) is 0 Å². The van der Waals surface area contributed by atoms with Gasteiger partial charge in [0.1, 0.15) is 5.82 Å². The van der Waals surface area contributed by atoms with Gasteiger partial charge in [0.2, 0.25) is 17.4 Å². The number of benzene rings is 2. The van der Waals surface area contributed by atoms with Gasteiger partial charge in [0.05, 0.1) is 32.5 Å². The Balaban J connectivity index is 2.13. The Hall–Kier alpha value is -3.62. The van der Waals surface area contributed by atoms with Crippen molar-refractivity contribution in [3.8, 4) is 17.2 Å². The van der Waals surface area contributed by atoms with Gasteiger partial charge in [0.15, 0.2) is 18.1 Å². The third-order valence-corrected chi connectivity index (χ3v) is 3.82. The topological polar surface area (TPSA) is 100 Å². The predicted octanol–water partition coefficient (Wildman–Crippen LogP) is 2.85. The Bertz CT molecular complexity index is 917. The van der Waals surface area contributed by atoms with E-state index < -0.39 is 24.2 Å². The van der Waals surface area contributed by atoms with Crippen molar-refractivity contribution in [2.75, 3.05) is 33.3 Å². The number of rotatable bonds is 8. The van der Waals surface area contributed by atoms with E-state index >= 15 is 0 Å². The minimum Gasteiger partial charge on any atom is -0.493 e. The van der Waals surface area contributed by atoms with E-state index in [0.717, 1.165) is 6.07 Å². The average molecular weight is 405 g/mol. The molecule has 2 aromatic rings. The van der Waals surface area contributed by atoms with Crippen LogP contribution in [0.3, 0.4) is 0 Å². The molecule has 0 saturated carbocycles. The fraction of sp³-hybridized carbons (Fsp3) is 0.250. The molecule has 0 spiro atoms. The first-order valence-corrected chi connectivity index (χ1v) is 8.38. The molecule has 29 heavy (non-hydrogen) atoms. The standard InChI is InChI=1S/C20H20FNO7/c1-11(23)22-13-5-6-14(15(21)9-13)16(24)10-29-20(25)12-7-17(26-2)19(28-4)18(8-12)27-3/h5-9H,10H2,1-4H3,(H,22,23). The summed E-state index contributed by atoms with van der Waals surface area (Å²) in [6, 6.07) is 6.33. The summed E-state index contributed by atoms with van der Waals surface area (Å²) < 4.78 is 34.6. The molecule has 0 fully saturated rings. The lowest BCUT2D eigenvalue weighted by molar-refractivity contribution is -0.114. The van der Waals surface area contributed by atoms with Crippen molar-refractivity contribution in [3.05, 3.63) is 47.3 Å². The number of halogens is 1. The number of ketones is 1. The molecule has 0 bridgehead atoms. The summed E-state index contributed by atoms with van der Waals surface area (Å²) in [7, 11) is 4.20. The number of ether oxygens (including phenoxy) is 4. The van der Waals surface area contributed by atoms with E-state index in [1.54, 1.807) is 0 Å². The Morgan fingerprint density at radius 1 is 0.966 bits per heavy atom. The van der Waals surface area contributed by atoms with Crippen LogP contribution in [0.25, 0.3) is 0 Å². The maximum Gasteiger partial charge on any atom is 0.338 e. The van der Waals surface area contributed by atoms with E-state index in [9.17, 15) is 18.8 Å². The molecule has 0 radical (unpaired) electrons. The maximum absolute atomic E-state index is 14.1. The third-order valence-electron chi connectivity index (χ3n) is 3.82. The molecule has 154 valence electrons. The molecule has 9 heteroatoms. The SMILES string of the molecule is COc1cc(C(=O)OCC(=O)c2ccc(NC(C)=O)cc2F)cc(OC)c1OC. The number of hydrogen-bond acceptors (Lipinski definition) is 7. The van der Waals surface area contributed by atoms with Crippen LogP contribution >= 0.6 is 0 Å². The first kappa shape index (κ1) is 21.7. The number of carbonyl (C=O) groups excluding carboxylic acids is 3. The lowest BCUT2D eigenvalue weighted by atomic mass is 10.1. The van der Waals surface area contributed by atoms with E-state index in [-0.39, 0.29) is 34.2 Å². The highest BCUT2D eigenvalue weighted by Crippen LogP contribution is 2.38. The van der Waals surface area contributed by atoms with Crippen LogP contribution < -0.4 is 19.5 Å². The van der Waals surface area contributed by atoms with Gasteiger partial charge in [-0.3, -0.25) is 9.59 Å². The van der Waals surface area contributed by atoms with Gasteiger partial charge < -0.3 is 24.3 Å². The smallest absolute Gasteiger partial charge is 0.338 e. The minimum atomic E-state index is -0.843. The number of Topliss-reactive ketones (excluding diaryl/α,β-unsaturated/α-hetero) is 1. The second kappa shape index (κ2) is 9.54. The summed E-state index contributed by atoms with van der Waals surface area (Å²) >= 11 is 0. The molecule has 0 unspecified atom stereocenters. The molecule has 1 N–H and O–H groups in total. The summed E-state index contributed by atoms with van der Waals surface area (Å²) in [5.41, 5.74) is 0.00606. The van der Waals surface area contributed by atoms with Crippen LogP contribution in [0.15, 0.2) is 30.3 Å². The van der Waals surface area contributed by atoms with Crippen LogP contribution in [0.1, 0.15) is 27.6 Å². The van der Waals surface area contributed by atoms with Gasteiger partial charge in [-0.05, 0) is 30.3 Å². The van der Waals surface area contributed by atoms with Crippen molar-refractivity contribution < 1.29 is 37.7 Å². The molecule has 0 aromatic heterocycles. The fourth-order valence-corrected chi connectivity index (χ4v) is 2.51. The third kappa shape index (κ3) is 5.22. The van der Waals surface area contributed by atoms with Gasteiger partial charge in [-0.2, -0.15) is 0 Å². The van der Waals surface area contributed by atoms with E-state index in [4.69, 9.17) is 18.9 Å². The van der Waals surface area contributed by atoms with E-state index in [2.05, 4.69) is 5.32 Å². The number of carbonyl (C=O) groups is 3. The van der Waals surface area contributed by atoms with Gasteiger partial charge in [0.25, 0.3) is 0 Å². The number of anilines is 1. The minimum absolute atomic E-state index is 0.0637. The Labute approximate surface area is 166 Å². The molecule has 2 rings (SSSR count). The first-order valence-electron chi connectivity index (χ1n) is 8.38. The molecular formula is C20H20FNO7. The molecule has 0 atom stereocenters. The van der Waals surface area contributed by atoms with Crippen molar-refractivity contribution in [2.24, 2.45) is 0 Å². The molecule has 2 aromatic carbocycles. The summed E-state index contributed by atoms with van der Waals surface area (Å²) in [4.78, 5) is 35.5. The van der Waals surface area contributed by atoms with Gasteiger partial charge in [0, 0.05) is 12.6 Å². The predicted molar refractivity (Wildman–Crippen MR) is 101 cm³/mol. The normalized spacial score (nSPS) is 10.1. The van der Waals surface area contributed by atoms with Crippen LogP contribution in [0, 0.1) is 5.82 Å². The van der Waals surface area contributed by atoms with Gasteiger partial charge in [-0.25, -0.2) is 9.18 Å². The molecule has 0 aliphatic carbocycles. The lowest BCUT2D eigenvalue weighted by Crippen LogP contribution is -2.16. The zero-order valence-electron chi connectivity index (χ0n) is 16.3. The van der Waals surface area contributed by atoms with Gasteiger partial charge in [-0.15, -0.1) is 0 Å². The van der Waals surface area contributed by atoms with Crippen LogP contribution in [0.4, 0.5) is 10.1 Å². The molecule has 0 heterocycles. The number of methoxy groups -OCH3 is 3. The summed E-state index contributed by atoms with van der Waals surface area (Å²) in [6.07, 6.45) is 0. The number of hydrogen-bond donors (Lipinski definition) is 1. The first-order chi connectivity index (χ1) is 13.8. The quantitative estimate of drug-likeness (QED) is 0.532. The fourth-order valence-electron chi connectivity index (χ4n) is 2.51. The Kier molecular flexibility index (Phi) is 7.13.